The van der Waals surface area contributed by atoms with Gasteiger partial charge in [-0.1, -0.05) is 95.5 Å². The van der Waals surface area contributed by atoms with Crippen LogP contribution in [0.1, 0.15) is 34.7 Å². The first-order valence-electron chi connectivity index (χ1n) is 13.2. The normalized spacial score (nSPS) is 12.5. The molecule has 10 heteroatoms. The number of nitrogens with one attached hydrogen (secondary N) is 2. The number of hydrazone groups is 1. The van der Waals surface area contributed by atoms with Crippen LogP contribution in [0.2, 0.25) is 10.0 Å². The zero-order valence-corrected chi connectivity index (χ0v) is 25.0. The molecule has 7 nitrogen and oxygen atoms in total. The van der Waals surface area contributed by atoms with Crippen LogP contribution in [0.15, 0.2) is 113 Å². The topological polar surface area (TPSA) is 92.6 Å². The van der Waals surface area contributed by atoms with Gasteiger partial charge in [-0.15, -0.1) is 0 Å². The summed E-state index contributed by atoms with van der Waals surface area (Å²) in [5, 5.41) is 6.15. The second-order valence-corrected chi connectivity index (χ2v) is 12.4. The zero-order chi connectivity index (χ0) is 29.7. The number of rotatable bonds is 10. The molecule has 0 unspecified atom stereocenters. The lowest BCUT2D eigenvalue weighted by Gasteiger charge is -2.18. The standard InChI is InChI=1S/C32H28Cl2N4O3S/c1-22-11-14-26(15-12-22)42(40,41)37-30(24-7-3-2-4-8-24)18-32(39)36-35-19-25-21-38(31-10-6-5-9-27(25)31)20-23-13-16-28(33)29(34)17-23/h2-17,19,21,30,37H,18,20H2,1H3,(H,36,39)/b35-19-/t30-/m1/s1. The maximum atomic E-state index is 13.1. The Morgan fingerprint density at radius 3 is 2.38 bits per heavy atom. The molecule has 1 aromatic heterocycles. The number of para-hydroxylation sites is 1. The van der Waals surface area contributed by atoms with Gasteiger partial charge in [0.1, 0.15) is 0 Å². The van der Waals surface area contributed by atoms with Crippen LogP contribution in [0.3, 0.4) is 0 Å². The summed E-state index contributed by atoms with van der Waals surface area (Å²) in [6, 6.07) is 28.2. The van der Waals surface area contributed by atoms with Crippen molar-refractivity contribution in [1.82, 2.24) is 14.7 Å². The van der Waals surface area contributed by atoms with E-state index in [9.17, 15) is 13.2 Å². The predicted molar refractivity (Wildman–Crippen MR) is 169 cm³/mol. The molecule has 5 rings (SSSR count). The lowest BCUT2D eigenvalue weighted by atomic mass is 10.0. The largest absolute Gasteiger partial charge is 0.342 e. The molecule has 0 saturated carbocycles. The number of aryl methyl sites for hydroxylation is 1. The molecule has 0 bridgehead atoms. The van der Waals surface area contributed by atoms with Gasteiger partial charge < -0.3 is 4.57 Å². The van der Waals surface area contributed by atoms with Crippen molar-refractivity contribution in [3.63, 3.8) is 0 Å². The van der Waals surface area contributed by atoms with Crippen molar-refractivity contribution in [2.75, 3.05) is 0 Å². The summed E-state index contributed by atoms with van der Waals surface area (Å²) >= 11 is 12.3. The molecule has 0 aliphatic rings. The first-order chi connectivity index (χ1) is 20.2. The summed E-state index contributed by atoms with van der Waals surface area (Å²) < 4.78 is 31.0. The maximum absolute atomic E-state index is 13.1. The van der Waals surface area contributed by atoms with Crippen LogP contribution in [-0.2, 0) is 21.4 Å². The molecule has 1 heterocycles. The van der Waals surface area contributed by atoms with Crippen molar-refractivity contribution in [2.24, 2.45) is 5.10 Å². The lowest BCUT2D eigenvalue weighted by Crippen LogP contribution is -2.32. The van der Waals surface area contributed by atoms with E-state index in [-0.39, 0.29) is 11.3 Å². The van der Waals surface area contributed by atoms with Crippen molar-refractivity contribution in [3.8, 4) is 0 Å². The fourth-order valence-electron chi connectivity index (χ4n) is 4.63. The number of fused-ring (bicyclic) bond motifs is 1. The van der Waals surface area contributed by atoms with E-state index < -0.39 is 22.0 Å². The number of amides is 1. The van der Waals surface area contributed by atoms with Gasteiger partial charge >= 0.3 is 0 Å². The summed E-state index contributed by atoms with van der Waals surface area (Å²) in [6.45, 7) is 2.45. The molecule has 2 N–H and O–H groups in total. The number of sulfonamides is 1. The van der Waals surface area contributed by atoms with E-state index in [1.807, 2.05) is 55.6 Å². The molecule has 214 valence electrons. The minimum atomic E-state index is -3.87. The van der Waals surface area contributed by atoms with E-state index in [1.54, 1.807) is 60.8 Å². The van der Waals surface area contributed by atoms with Crippen LogP contribution in [0.25, 0.3) is 10.9 Å². The Hall–Kier alpha value is -3.95. The van der Waals surface area contributed by atoms with Crippen LogP contribution in [-0.4, -0.2) is 25.1 Å². The van der Waals surface area contributed by atoms with Crippen molar-refractivity contribution in [1.29, 1.82) is 0 Å². The van der Waals surface area contributed by atoms with Crippen LogP contribution < -0.4 is 10.1 Å². The van der Waals surface area contributed by atoms with Crippen LogP contribution in [0.4, 0.5) is 0 Å². The van der Waals surface area contributed by atoms with E-state index in [0.29, 0.717) is 22.2 Å². The summed E-state index contributed by atoms with van der Waals surface area (Å²) in [6.07, 6.45) is 3.39. The van der Waals surface area contributed by atoms with Crippen molar-refractivity contribution < 1.29 is 13.2 Å². The number of hydrogen-bond acceptors (Lipinski definition) is 4. The third-order valence-electron chi connectivity index (χ3n) is 6.77. The van der Waals surface area contributed by atoms with Crippen molar-refractivity contribution >= 4 is 56.2 Å². The number of hydrogen-bond donors (Lipinski definition) is 2. The molecule has 42 heavy (non-hydrogen) atoms. The summed E-state index contributed by atoms with van der Waals surface area (Å²) in [7, 11) is -3.87. The van der Waals surface area contributed by atoms with Gasteiger partial charge in [0, 0.05) is 35.6 Å². The van der Waals surface area contributed by atoms with Crippen LogP contribution in [0, 0.1) is 6.92 Å². The number of benzene rings is 4. The number of carbonyl (C=O) groups excluding carboxylic acids is 1. The number of aromatic nitrogens is 1. The highest BCUT2D eigenvalue weighted by Gasteiger charge is 2.23. The fourth-order valence-corrected chi connectivity index (χ4v) is 6.18. The summed E-state index contributed by atoms with van der Waals surface area (Å²) in [5.74, 6) is -0.439. The molecule has 0 radical (unpaired) electrons. The minimum Gasteiger partial charge on any atom is -0.342 e. The molecule has 0 saturated heterocycles. The first kappa shape index (κ1) is 29.5. The van der Waals surface area contributed by atoms with E-state index in [0.717, 1.165) is 27.6 Å². The second kappa shape index (κ2) is 12.9. The van der Waals surface area contributed by atoms with Crippen LogP contribution >= 0.6 is 23.2 Å². The van der Waals surface area contributed by atoms with Crippen molar-refractivity contribution in [2.45, 2.75) is 30.8 Å². The smallest absolute Gasteiger partial charge is 0.242 e. The quantitative estimate of drug-likeness (QED) is 0.132. The molecule has 1 atom stereocenters. The van der Waals surface area contributed by atoms with Gasteiger partial charge in [0.2, 0.25) is 15.9 Å². The Labute approximate surface area is 254 Å². The third-order valence-corrected chi connectivity index (χ3v) is 9.00. The maximum Gasteiger partial charge on any atom is 0.242 e. The minimum absolute atomic E-state index is 0.129. The van der Waals surface area contributed by atoms with Crippen LogP contribution in [0.5, 0.6) is 0 Å². The Morgan fingerprint density at radius 1 is 0.929 bits per heavy atom. The molecule has 0 spiro atoms. The molecule has 4 aromatic carbocycles. The number of carbonyl (C=O) groups is 1. The Morgan fingerprint density at radius 2 is 1.64 bits per heavy atom. The monoisotopic (exact) mass is 618 g/mol. The van der Waals surface area contributed by atoms with Gasteiger partial charge in [-0.2, -0.15) is 5.10 Å². The molecule has 0 aliphatic heterocycles. The second-order valence-electron chi connectivity index (χ2n) is 9.87. The molecule has 1 amide bonds. The third kappa shape index (κ3) is 7.09. The van der Waals surface area contributed by atoms with Gasteiger partial charge in [0.05, 0.1) is 27.2 Å². The predicted octanol–water partition coefficient (Wildman–Crippen LogP) is 6.86. The number of halogens is 2. The molecular weight excluding hydrogens is 591 g/mol. The van der Waals surface area contributed by atoms with E-state index >= 15 is 0 Å². The van der Waals surface area contributed by atoms with Gasteiger partial charge in [0.25, 0.3) is 0 Å². The Bertz CT molecular complexity index is 1850. The highest BCUT2D eigenvalue weighted by molar-refractivity contribution is 7.89. The van der Waals surface area contributed by atoms with E-state index in [2.05, 4.69) is 19.8 Å². The Balaban J connectivity index is 1.32. The Kier molecular flexibility index (Phi) is 9.09. The average molecular weight is 620 g/mol. The molecule has 5 aromatic rings. The highest BCUT2D eigenvalue weighted by Crippen LogP contribution is 2.26. The van der Waals surface area contributed by atoms with Gasteiger partial charge in [0.15, 0.2) is 0 Å². The van der Waals surface area contributed by atoms with Gasteiger partial charge in [-0.05, 0) is 48.4 Å². The molecule has 0 fully saturated rings. The highest BCUT2D eigenvalue weighted by atomic mass is 35.5. The zero-order valence-electron chi connectivity index (χ0n) is 22.7. The first-order valence-corrected chi connectivity index (χ1v) is 15.4. The lowest BCUT2D eigenvalue weighted by molar-refractivity contribution is -0.121. The molecular formula is C32H28Cl2N4O3S. The van der Waals surface area contributed by atoms with Gasteiger partial charge in [-0.3, -0.25) is 4.79 Å². The van der Waals surface area contributed by atoms with Crippen molar-refractivity contribution in [3.05, 3.63) is 136 Å². The summed E-state index contributed by atoms with van der Waals surface area (Å²) in [5.41, 5.74) is 6.96. The van der Waals surface area contributed by atoms with E-state index in [1.165, 1.54) is 0 Å². The molecule has 0 aliphatic carbocycles. The average Bonchev–Trinajstić information content (AvgIpc) is 3.32. The van der Waals surface area contributed by atoms with Gasteiger partial charge in [-0.25, -0.2) is 18.6 Å². The SMILES string of the molecule is Cc1ccc(S(=O)(=O)N[C@H](CC(=O)N/N=C\c2cn(Cc3ccc(Cl)c(Cl)c3)c3ccccc23)c2ccccc2)cc1. The fraction of sp³-hybridized carbons (Fsp3) is 0.125. The number of nitrogens with zero attached hydrogens (tertiary/aromatic N) is 2. The summed E-state index contributed by atoms with van der Waals surface area (Å²) in [4.78, 5) is 13.1. The van der Waals surface area contributed by atoms with E-state index in [4.69, 9.17) is 23.2 Å².